The third kappa shape index (κ3) is 3.01. The van der Waals surface area contributed by atoms with Crippen molar-refractivity contribution in [3.05, 3.63) is 35.9 Å². The summed E-state index contributed by atoms with van der Waals surface area (Å²) in [5, 5.41) is 8.73. The maximum absolute atomic E-state index is 8.73. The summed E-state index contributed by atoms with van der Waals surface area (Å²) in [4.78, 5) is 0. The van der Waals surface area contributed by atoms with Crippen molar-refractivity contribution < 1.29 is 9.47 Å². The fraction of sp³-hybridized carbons (Fsp3) is 0.250. The topological polar surface area (TPSA) is 68.3 Å². The summed E-state index contributed by atoms with van der Waals surface area (Å²) in [6, 6.07) is 7.02. The van der Waals surface area contributed by atoms with E-state index in [1.165, 1.54) is 7.11 Å². The first-order valence-electron chi connectivity index (χ1n) is 4.79. The van der Waals surface area contributed by atoms with Gasteiger partial charge < -0.3 is 15.2 Å². The van der Waals surface area contributed by atoms with E-state index >= 15 is 0 Å². The molecule has 0 bridgehead atoms. The number of nitrogens with two attached hydrogens (primary N) is 1. The number of hydrogen-bond acceptors (Lipinski definition) is 4. The molecule has 0 fully saturated rings. The van der Waals surface area contributed by atoms with E-state index < -0.39 is 0 Å². The normalized spacial score (nSPS) is 9.31. The molecule has 0 amide bonds. The average molecular weight is 218 g/mol. The van der Waals surface area contributed by atoms with Crippen molar-refractivity contribution >= 4 is 0 Å². The van der Waals surface area contributed by atoms with Crippen LogP contribution in [0.15, 0.2) is 30.4 Å². The lowest BCUT2D eigenvalue weighted by Crippen LogP contribution is -2.10. The molecule has 2 N–H and O–H groups in total. The fourth-order valence-corrected chi connectivity index (χ4v) is 1.10. The largest absolute Gasteiger partial charge is 0.493 e. The number of rotatable bonds is 5. The molecule has 1 aromatic carbocycles. The van der Waals surface area contributed by atoms with Crippen molar-refractivity contribution in [2.45, 2.75) is 0 Å². The summed E-state index contributed by atoms with van der Waals surface area (Å²) >= 11 is 0. The Hall–Kier alpha value is -1.99. The van der Waals surface area contributed by atoms with Crippen molar-refractivity contribution in [1.82, 2.24) is 0 Å². The van der Waals surface area contributed by atoms with Gasteiger partial charge in [0.2, 0.25) is 0 Å². The molecule has 0 aliphatic heterocycles. The molecular formula is C12H14N2O2. The number of ether oxygens (including phenoxy) is 2. The molecule has 0 radical (unpaired) electrons. The van der Waals surface area contributed by atoms with Gasteiger partial charge in [-0.25, -0.2) is 0 Å². The molecule has 0 heterocycles. The smallest absolute Gasteiger partial charge is 0.162 e. The Labute approximate surface area is 94.9 Å². The number of hydrogen-bond donors (Lipinski definition) is 1. The van der Waals surface area contributed by atoms with Crippen LogP contribution in [-0.4, -0.2) is 20.3 Å². The van der Waals surface area contributed by atoms with Gasteiger partial charge >= 0.3 is 0 Å². The monoisotopic (exact) mass is 218 g/mol. The SMILES string of the molecule is C=C(CN)COc1ccc(C#N)cc1OC. The lowest BCUT2D eigenvalue weighted by molar-refractivity contribution is 0.318. The highest BCUT2D eigenvalue weighted by molar-refractivity contribution is 5.46. The van der Waals surface area contributed by atoms with Crippen LogP contribution in [-0.2, 0) is 0 Å². The number of nitrogens with zero attached hydrogens (tertiary/aromatic N) is 1. The molecule has 0 aliphatic carbocycles. The maximum atomic E-state index is 8.73. The zero-order chi connectivity index (χ0) is 12.0. The second kappa shape index (κ2) is 5.79. The van der Waals surface area contributed by atoms with Crippen LogP contribution in [0.3, 0.4) is 0 Å². The summed E-state index contributed by atoms with van der Waals surface area (Å²) in [5.74, 6) is 1.11. The minimum absolute atomic E-state index is 0.346. The van der Waals surface area contributed by atoms with Crippen molar-refractivity contribution in [2.75, 3.05) is 20.3 Å². The van der Waals surface area contributed by atoms with Gasteiger partial charge in [-0.2, -0.15) is 5.26 Å². The Balaban J connectivity index is 2.80. The van der Waals surface area contributed by atoms with Gasteiger partial charge in [-0.05, 0) is 17.7 Å². The van der Waals surface area contributed by atoms with E-state index in [2.05, 4.69) is 6.58 Å². The van der Waals surface area contributed by atoms with Crippen LogP contribution in [0.4, 0.5) is 0 Å². The highest BCUT2D eigenvalue weighted by atomic mass is 16.5. The van der Waals surface area contributed by atoms with Gasteiger partial charge in [0.25, 0.3) is 0 Å². The highest BCUT2D eigenvalue weighted by Crippen LogP contribution is 2.27. The van der Waals surface area contributed by atoms with E-state index in [9.17, 15) is 0 Å². The summed E-state index contributed by atoms with van der Waals surface area (Å²) in [5.41, 5.74) is 6.73. The highest BCUT2D eigenvalue weighted by Gasteiger charge is 2.05. The van der Waals surface area contributed by atoms with Crippen LogP contribution in [0.2, 0.25) is 0 Å². The Kier molecular flexibility index (Phi) is 4.37. The third-order valence-electron chi connectivity index (χ3n) is 2.01. The molecule has 0 aromatic heterocycles. The van der Waals surface area contributed by atoms with Gasteiger partial charge in [-0.3, -0.25) is 0 Å². The van der Waals surface area contributed by atoms with Crippen LogP contribution in [0.5, 0.6) is 11.5 Å². The van der Waals surface area contributed by atoms with Crippen molar-refractivity contribution in [2.24, 2.45) is 5.73 Å². The van der Waals surface area contributed by atoms with E-state index in [1.54, 1.807) is 18.2 Å². The summed E-state index contributed by atoms with van der Waals surface area (Å²) in [6.07, 6.45) is 0. The zero-order valence-corrected chi connectivity index (χ0v) is 9.19. The zero-order valence-electron chi connectivity index (χ0n) is 9.19. The second-order valence-corrected chi connectivity index (χ2v) is 3.22. The van der Waals surface area contributed by atoms with Crippen molar-refractivity contribution in [3.63, 3.8) is 0 Å². The van der Waals surface area contributed by atoms with Crippen LogP contribution < -0.4 is 15.2 Å². The Morgan fingerprint density at radius 2 is 2.25 bits per heavy atom. The molecular weight excluding hydrogens is 204 g/mol. The molecule has 0 aliphatic rings. The number of methoxy groups -OCH3 is 1. The average Bonchev–Trinajstić information content (AvgIpc) is 2.35. The van der Waals surface area contributed by atoms with Gasteiger partial charge in [-0.15, -0.1) is 0 Å². The maximum Gasteiger partial charge on any atom is 0.162 e. The number of benzene rings is 1. The first-order valence-corrected chi connectivity index (χ1v) is 4.79. The number of nitriles is 1. The van der Waals surface area contributed by atoms with Gasteiger partial charge in [0, 0.05) is 12.6 Å². The predicted molar refractivity (Wildman–Crippen MR) is 61.4 cm³/mol. The predicted octanol–water partition coefficient (Wildman–Crippen LogP) is 1.46. The lowest BCUT2D eigenvalue weighted by Gasteiger charge is -2.11. The molecule has 0 unspecified atom stereocenters. The van der Waals surface area contributed by atoms with Crippen molar-refractivity contribution in [1.29, 1.82) is 5.26 Å². The molecule has 1 rings (SSSR count). The van der Waals surface area contributed by atoms with Gasteiger partial charge in [0.1, 0.15) is 6.61 Å². The van der Waals surface area contributed by atoms with Crippen LogP contribution >= 0.6 is 0 Å². The van der Waals surface area contributed by atoms with E-state index in [-0.39, 0.29) is 0 Å². The van der Waals surface area contributed by atoms with E-state index in [0.717, 1.165) is 5.57 Å². The van der Waals surface area contributed by atoms with Crippen LogP contribution in [0.1, 0.15) is 5.56 Å². The minimum atomic E-state index is 0.346. The molecule has 0 spiro atoms. The first kappa shape index (κ1) is 12.1. The second-order valence-electron chi connectivity index (χ2n) is 3.22. The van der Waals surface area contributed by atoms with E-state index in [4.69, 9.17) is 20.5 Å². The van der Waals surface area contributed by atoms with Gasteiger partial charge in [0.15, 0.2) is 11.5 Å². The minimum Gasteiger partial charge on any atom is -0.493 e. The molecule has 0 saturated heterocycles. The molecule has 1 aromatic rings. The Morgan fingerprint density at radius 1 is 1.50 bits per heavy atom. The summed E-state index contributed by atoms with van der Waals surface area (Å²) in [7, 11) is 1.53. The van der Waals surface area contributed by atoms with E-state index in [1.807, 2.05) is 6.07 Å². The molecule has 4 heteroatoms. The summed E-state index contributed by atoms with van der Waals surface area (Å²) < 4.78 is 10.6. The van der Waals surface area contributed by atoms with Crippen molar-refractivity contribution in [3.8, 4) is 17.6 Å². The Bertz CT molecular complexity index is 422. The summed E-state index contributed by atoms with van der Waals surface area (Å²) in [6.45, 7) is 4.47. The lowest BCUT2D eigenvalue weighted by atomic mass is 10.2. The molecule has 4 nitrogen and oxygen atoms in total. The van der Waals surface area contributed by atoms with Gasteiger partial charge in [0.05, 0.1) is 18.7 Å². The third-order valence-corrected chi connectivity index (χ3v) is 2.01. The van der Waals surface area contributed by atoms with Gasteiger partial charge in [-0.1, -0.05) is 6.58 Å². The van der Waals surface area contributed by atoms with E-state index in [0.29, 0.717) is 30.2 Å². The first-order chi connectivity index (χ1) is 7.71. The fourth-order valence-electron chi connectivity index (χ4n) is 1.10. The van der Waals surface area contributed by atoms with Crippen LogP contribution in [0, 0.1) is 11.3 Å². The molecule has 0 atom stereocenters. The quantitative estimate of drug-likeness (QED) is 0.760. The van der Waals surface area contributed by atoms with Crippen LogP contribution in [0.25, 0.3) is 0 Å². The molecule has 0 saturated carbocycles. The molecule has 16 heavy (non-hydrogen) atoms. The standard InChI is InChI=1S/C12H14N2O2/c1-9(6-13)8-16-11-4-3-10(7-14)5-12(11)15-2/h3-5H,1,6,8,13H2,2H3. The Morgan fingerprint density at radius 3 is 2.81 bits per heavy atom. The molecule has 84 valence electrons.